The van der Waals surface area contributed by atoms with E-state index in [1.165, 1.54) is 5.56 Å². The minimum atomic E-state index is -0.758. The summed E-state index contributed by atoms with van der Waals surface area (Å²) in [5, 5.41) is 8.77. The quantitative estimate of drug-likeness (QED) is 0.835. The Morgan fingerprint density at radius 3 is 2.74 bits per heavy atom. The fraction of sp³-hybridized carbons (Fsp3) is 0.500. The summed E-state index contributed by atoms with van der Waals surface area (Å²) in [6, 6.07) is 6.03. The molecule has 0 saturated heterocycles. The molecule has 0 saturated carbocycles. The van der Waals surface area contributed by atoms with Crippen LogP contribution in [-0.2, 0) is 11.2 Å². The average Bonchev–Trinajstić information content (AvgIpc) is 2.35. The second-order valence-electron chi connectivity index (χ2n) is 4.65. The summed E-state index contributed by atoms with van der Waals surface area (Å²) in [5.41, 5.74) is 1.20. The lowest BCUT2D eigenvalue weighted by Crippen LogP contribution is -2.32. The molecule has 0 radical (unpaired) electrons. The Hall–Kier alpha value is -1.07. The largest absolute Gasteiger partial charge is 0.496 e. The standard InChI is InChI=1S/C14H20BrNO3/c1-10(8-14(17)18)16(2)7-6-11-4-5-13(19-3)12(15)9-11/h4-5,9-10H,6-8H2,1-3H3,(H,17,18). The van der Waals surface area contributed by atoms with Crippen LogP contribution < -0.4 is 4.74 Å². The van der Waals surface area contributed by atoms with Gasteiger partial charge < -0.3 is 14.7 Å². The van der Waals surface area contributed by atoms with Crippen LogP contribution in [0.2, 0.25) is 0 Å². The average molecular weight is 330 g/mol. The van der Waals surface area contributed by atoms with Gasteiger partial charge >= 0.3 is 5.97 Å². The van der Waals surface area contributed by atoms with E-state index in [1.807, 2.05) is 32.2 Å². The number of carboxylic acid groups (broad SMARTS) is 1. The van der Waals surface area contributed by atoms with Crippen molar-refractivity contribution in [3.63, 3.8) is 0 Å². The molecule has 106 valence electrons. The van der Waals surface area contributed by atoms with E-state index in [4.69, 9.17) is 9.84 Å². The van der Waals surface area contributed by atoms with Crippen molar-refractivity contribution in [2.75, 3.05) is 20.7 Å². The third-order valence-corrected chi connectivity index (χ3v) is 3.81. The van der Waals surface area contributed by atoms with Crippen LogP contribution in [0.5, 0.6) is 5.75 Å². The maximum Gasteiger partial charge on any atom is 0.304 e. The highest BCUT2D eigenvalue weighted by atomic mass is 79.9. The van der Waals surface area contributed by atoms with Crippen LogP contribution in [0.1, 0.15) is 18.9 Å². The monoisotopic (exact) mass is 329 g/mol. The number of likely N-dealkylation sites (N-methyl/N-ethyl adjacent to an activating group) is 1. The molecule has 1 atom stereocenters. The zero-order valence-corrected chi connectivity index (χ0v) is 13.1. The van der Waals surface area contributed by atoms with E-state index in [1.54, 1.807) is 7.11 Å². The highest BCUT2D eigenvalue weighted by molar-refractivity contribution is 9.10. The first-order valence-electron chi connectivity index (χ1n) is 6.18. The first-order valence-corrected chi connectivity index (χ1v) is 6.97. The normalized spacial score (nSPS) is 12.5. The van der Waals surface area contributed by atoms with E-state index >= 15 is 0 Å². The van der Waals surface area contributed by atoms with Crippen molar-refractivity contribution >= 4 is 21.9 Å². The molecule has 0 heterocycles. The number of carbonyl (C=O) groups is 1. The van der Waals surface area contributed by atoms with Gasteiger partial charge in [0.1, 0.15) is 5.75 Å². The summed E-state index contributed by atoms with van der Waals surface area (Å²) >= 11 is 3.46. The zero-order valence-electron chi connectivity index (χ0n) is 11.5. The van der Waals surface area contributed by atoms with Crippen molar-refractivity contribution in [3.05, 3.63) is 28.2 Å². The van der Waals surface area contributed by atoms with E-state index < -0.39 is 5.97 Å². The molecule has 1 N–H and O–H groups in total. The van der Waals surface area contributed by atoms with Gasteiger partial charge in [-0.05, 0) is 54.0 Å². The molecule has 1 rings (SSSR count). The van der Waals surface area contributed by atoms with Crippen molar-refractivity contribution in [2.45, 2.75) is 25.8 Å². The summed E-state index contributed by atoms with van der Waals surface area (Å²) in [5.74, 6) is 0.0582. The van der Waals surface area contributed by atoms with Gasteiger partial charge in [-0.3, -0.25) is 4.79 Å². The Labute approximate surface area is 122 Å². The van der Waals surface area contributed by atoms with Crippen molar-refractivity contribution in [3.8, 4) is 5.75 Å². The van der Waals surface area contributed by atoms with Crippen LogP contribution in [0.15, 0.2) is 22.7 Å². The van der Waals surface area contributed by atoms with Gasteiger partial charge in [0.05, 0.1) is 18.0 Å². The lowest BCUT2D eigenvalue weighted by molar-refractivity contribution is -0.138. The van der Waals surface area contributed by atoms with Crippen molar-refractivity contribution in [2.24, 2.45) is 0 Å². The first kappa shape index (κ1) is 16.0. The van der Waals surface area contributed by atoms with E-state index in [-0.39, 0.29) is 12.5 Å². The Morgan fingerprint density at radius 1 is 1.53 bits per heavy atom. The zero-order chi connectivity index (χ0) is 14.4. The Balaban J connectivity index is 2.52. The molecule has 0 amide bonds. The second-order valence-corrected chi connectivity index (χ2v) is 5.50. The van der Waals surface area contributed by atoms with Crippen LogP contribution in [0.25, 0.3) is 0 Å². The van der Waals surface area contributed by atoms with E-state index in [2.05, 4.69) is 20.8 Å². The lowest BCUT2D eigenvalue weighted by atomic mass is 10.1. The molecule has 0 fully saturated rings. The predicted octanol–water partition coefficient (Wildman–Crippen LogP) is 2.80. The topological polar surface area (TPSA) is 49.8 Å². The van der Waals surface area contributed by atoms with Crippen molar-refractivity contribution < 1.29 is 14.6 Å². The summed E-state index contributed by atoms with van der Waals surface area (Å²) in [7, 11) is 3.59. The fourth-order valence-electron chi connectivity index (χ4n) is 1.80. The van der Waals surface area contributed by atoms with Gasteiger partial charge in [0, 0.05) is 12.6 Å². The lowest BCUT2D eigenvalue weighted by Gasteiger charge is -2.23. The highest BCUT2D eigenvalue weighted by Crippen LogP contribution is 2.25. The number of ether oxygens (including phenoxy) is 1. The number of nitrogens with zero attached hydrogens (tertiary/aromatic N) is 1. The number of hydrogen-bond donors (Lipinski definition) is 1. The predicted molar refractivity (Wildman–Crippen MR) is 78.7 cm³/mol. The Morgan fingerprint density at radius 2 is 2.21 bits per heavy atom. The maximum atomic E-state index is 10.7. The Kier molecular flexibility index (Phi) is 6.31. The third kappa shape index (κ3) is 5.20. The first-order chi connectivity index (χ1) is 8.93. The third-order valence-electron chi connectivity index (χ3n) is 3.19. The molecular weight excluding hydrogens is 310 g/mol. The molecule has 0 bridgehead atoms. The molecule has 1 aromatic rings. The number of rotatable bonds is 7. The molecule has 0 aromatic heterocycles. The van der Waals surface area contributed by atoms with Gasteiger partial charge in [-0.2, -0.15) is 0 Å². The van der Waals surface area contributed by atoms with Crippen LogP contribution in [0.4, 0.5) is 0 Å². The van der Waals surface area contributed by atoms with E-state index in [9.17, 15) is 4.79 Å². The summed E-state index contributed by atoms with van der Waals surface area (Å²) in [6.45, 7) is 2.76. The minimum Gasteiger partial charge on any atom is -0.496 e. The highest BCUT2D eigenvalue weighted by Gasteiger charge is 2.13. The minimum absolute atomic E-state index is 0.0409. The molecule has 0 spiro atoms. The van der Waals surface area contributed by atoms with Gasteiger partial charge in [0.15, 0.2) is 0 Å². The van der Waals surface area contributed by atoms with Crippen LogP contribution >= 0.6 is 15.9 Å². The van der Waals surface area contributed by atoms with E-state index in [0.717, 1.165) is 23.2 Å². The number of halogens is 1. The summed E-state index contributed by atoms with van der Waals surface area (Å²) < 4.78 is 6.12. The van der Waals surface area contributed by atoms with Crippen LogP contribution in [0.3, 0.4) is 0 Å². The second kappa shape index (κ2) is 7.50. The fourth-order valence-corrected chi connectivity index (χ4v) is 2.39. The van der Waals surface area contributed by atoms with Gasteiger partial charge in [-0.25, -0.2) is 0 Å². The van der Waals surface area contributed by atoms with Crippen LogP contribution in [0, 0.1) is 0 Å². The smallest absolute Gasteiger partial charge is 0.304 e. The summed E-state index contributed by atoms with van der Waals surface area (Å²) in [6.07, 6.45) is 1.05. The van der Waals surface area contributed by atoms with Crippen LogP contribution in [-0.4, -0.2) is 42.7 Å². The molecular formula is C14H20BrNO3. The number of methoxy groups -OCH3 is 1. The van der Waals surface area contributed by atoms with E-state index in [0.29, 0.717) is 0 Å². The van der Waals surface area contributed by atoms with Gasteiger partial charge in [-0.15, -0.1) is 0 Å². The number of hydrogen-bond acceptors (Lipinski definition) is 3. The maximum absolute atomic E-state index is 10.7. The molecule has 0 aliphatic carbocycles. The molecule has 19 heavy (non-hydrogen) atoms. The van der Waals surface area contributed by atoms with Gasteiger partial charge in [0.2, 0.25) is 0 Å². The molecule has 1 unspecified atom stereocenters. The molecule has 5 heteroatoms. The van der Waals surface area contributed by atoms with Gasteiger partial charge in [-0.1, -0.05) is 6.07 Å². The number of carboxylic acids is 1. The van der Waals surface area contributed by atoms with Crippen molar-refractivity contribution in [1.29, 1.82) is 0 Å². The SMILES string of the molecule is COc1ccc(CCN(C)C(C)CC(=O)O)cc1Br. The Bertz CT molecular complexity index is 437. The molecule has 0 aliphatic heterocycles. The van der Waals surface area contributed by atoms with Gasteiger partial charge in [0.25, 0.3) is 0 Å². The molecule has 4 nitrogen and oxygen atoms in total. The molecule has 1 aromatic carbocycles. The van der Waals surface area contributed by atoms with Crippen molar-refractivity contribution in [1.82, 2.24) is 4.90 Å². The summed E-state index contributed by atoms with van der Waals surface area (Å²) in [4.78, 5) is 12.7. The number of benzene rings is 1. The molecule has 0 aliphatic rings. The number of aliphatic carboxylic acids is 1.